The molecule has 3 atom stereocenters. The van der Waals surface area contributed by atoms with E-state index in [0.717, 1.165) is 30.8 Å². The Hall–Kier alpha value is -1.72. The van der Waals surface area contributed by atoms with Gasteiger partial charge in [0.05, 0.1) is 23.2 Å². The monoisotopic (exact) mass is 348 g/mol. The van der Waals surface area contributed by atoms with Crippen LogP contribution in [0.3, 0.4) is 0 Å². The normalized spacial score (nSPS) is 30.2. The third-order valence-electron chi connectivity index (χ3n) is 5.37. The van der Waals surface area contributed by atoms with Crippen molar-refractivity contribution in [2.24, 2.45) is 11.8 Å². The van der Waals surface area contributed by atoms with Crippen LogP contribution in [0.4, 0.5) is 10.1 Å². The van der Waals surface area contributed by atoms with E-state index >= 15 is 0 Å². The summed E-state index contributed by atoms with van der Waals surface area (Å²) >= 11 is 5.79. The Morgan fingerprint density at radius 3 is 2.38 bits per heavy atom. The molecule has 1 aromatic rings. The topological polar surface area (TPSA) is 40.6 Å². The number of benzene rings is 1. The maximum atomic E-state index is 13.3. The third-order valence-corrected chi connectivity index (χ3v) is 5.66. The van der Waals surface area contributed by atoms with Crippen molar-refractivity contribution >= 4 is 29.1 Å². The summed E-state index contributed by atoms with van der Waals surface area (Å²) in [6, 6.07) is 3.53. The van der Waals surface area contributed by atoms with Gasteiger partial charge < -0.3 is 0 Å². The SMILES string of the molecule is O=C1C[C@H](N2C[C@H]3CC=CC[C@H]3C2)C(=O)N1c1ccc(F)c(Cl)c1. The van der Waals surface area contributed by atoms with Gasteiger partial charge >= 0.3 is 0 Å². The van der Waals surface area contributed by atoms with Crippen LogP contribution in [0.1, 0.15) is 19.3 Å². The molecule has 3 aliphatic rings. The van der Waals surface area contributed by atoms with Crippen LogP contribution in [0.5, 0.6) is 0 Å². The number of hydrogen-bond donors (Lipinski definition) is 0. The van der Waals surface area contributed by atoms with Gasteiger partial charge in [-0.15, -0.1) is 0 Å². The number of hydrogen-bond acceptors (Lipinski definition) is 3. The molecule has 0 radical (unpaired) electrons. The number of allylic oxidation sites excluding steroid dienone is 2. The van der Waals surface area contributed by atoms with Crippen LogP contribution in [0.25, 0.3) is 0 Å². The van der Waals surface area contributed by atoms with Crippen LogP contribution in [0.2, 0.25) is 5.02 Å². The van der Waals surface area contributed by atoms with Gasteiger partial charge in [-0.25, -0.2) is 9.29 Å². The van der Waals surface area contributed by atoms with Crippen LogP contribution >= 0.6 is 11.6 Å². The number of anilines is 1. The highest BCUT2D eigenvalue weighted by molar-refractivity contribution is 6.31. The number of imide groups is 1. The van der Waals surface area contributed by atoms with Gasteiger partial charge in [-0.2, -0.15) is 0 Å². The first-order valence-corrected chi connectivity index (χ1v) is 8.63. The van der Waals surface area contributed by atoms with Gasteiger partial charge in [-0.3, -0.25) is 14.5 Å². The molecule has 1 aromatic carbocycles. The molecule has 0 bridgehead atoms. The maximum absolute atomic E-state index is 13.3. The van der Waals surface area contributed by atoms with E-state index < -0.39 is 11.9 Å². The lowest BCUT2D eigenvalue weighted by molar-refractivity contribution is -0.122. The highest BCUT2D eigenvalue weighted by atomic mass is 35.5. The van der Waals surface area contributed by atoms with Crippen molar-refractivity contribution in [2.45, 2.75) is 25.3 Å². The van der Waals surface area contributed by atoms with E-state index in [4.69, 9.17) is 11.6 Å². The van der Waals surface area contributed by atoms with E-state index in [9.17, 15) is 14.0 Å². The summed E-state index contributed by atoms with van der Waals surface area (Å²) in [6.07, 6.45) is 6.69. The Kier molecular flexibility index (Phi) is 3.93. The van der Waals surface area contributed by atoms with Crippen molar-refractivity contribution in [3.05, 3.63) is 41.2 Å². The van der Waals surface area contributed by atoms with Gasteiger partial charge in [0, 0.05) is 13.1 Å². The first kappa shape index (κ1) is 15.8. The van der Waals surface area contributed by atoms with E-state index in [1.54, 1.807) is 0 Å². The lowest BCUT2D eigenvalue weighted by Gasteiger charge is -2.22. The second kappa shape index (κ2) is 5.97. The van der Waals surface area contributed by atoms with Crippen molar-refractivity contribution in [3.63, 3.8) is 0 Å². The van der Waals surface area contributed by atoms with Gasteiger partial charge in [0.25, 0.3) is 5.91 Å². The molecular formula is C18H18ClFN2O2. The van der Waals surface area contributed by atoms with E-state index in [1.165, 1.54) is 18.2 Å². The van der Waals surface area contributed by atoms with Crippen LogP contribution < -0.4 is 4.90 Å². The molecule has 2 amide bonds. The Morgan fingerprint density at radius 2 is 1.75 bits per heavy atom. The van der Waals surface area contributed by atoms with Crippen LogP contribution in [-0.4, -0.2) is 35.8 Å². The standard InChI is InChI=1S/C18H18ClFN2O2/c19-14-7-13(5-6-15(14)20)22-17(23)8-16(18(22)24)21-9-11-3-1-2-4-12(11)10-21/h1-2,5-7,11-12,16H,3-4,8-10H2/t11-,12+,16-/m0/s1. The first-order valence-electron chi connectivity index (χ1n) is 8.25. The van der Waals surface area contributed by atoms with E-state index in [2.05, 4.69) is 17.1 Å². The molecule has 0 unspecified atom stereocenters. The number of carbonyl (C=O) groups excluding carboxylic acids is 2. The Bertz CT molecular complexity index is 720. The third kappa shape index (κ3) is 2.56. The molecule has 0 N–H and O–H groups in total. The predicted molar refractivity (Wildman–Crippen MR) is 89.2 cm³/mol. The molecule has 2 saturated heterocycles. The number of nitrogens with zero attached hydrogens (tertiary/aromatic N) is 2. The van der Waals surface area contributed by atoms with Gasteiger partial charge in [-0.05, 0) is 42.9 Å². The zero-order valence-corrected chi connectivity index (χ0v) is 13.9. The molecular weight excluding hydrogens is 331 g/mol. The van der Waals surface area contributed by atoms with Gasteiger partial charge in [0.1, 0.15) is 5.82 Å². The molecule has 0 aromatic heterocycles. The van der Waals surface area contributed by atoms with Crippen molar-refractivity contribution < 1.29 is 14.0 Å². The molecule has 2 aliphatic heterocycles. The fraction of sp³-hybridized carbons (Fsp3) is 0.444. The zero-order chi connectivity index (χ0) is 16.8. The molecule has 0 saturated carbocycles. The Balaban J connectivity index is 1.54. The largest absolute Gasteiger partial charge is 0.291 e. The fourth-order valence-corrected chi connectivity index (χ4v) is 4.28. The Labute approximate surface area is 144 Å². The molecule has 4 rings (SSSR count). The van der Waals surface area contributed by atoms with E-state index in [0.29, 0.717) is 17.5 Å². The summed E-state index contributed by atoms with van der Waals surface area (Å²) in [4.78, 5) is 28.5. The lowest BCUT2D eigenvalue weighted by Crippen LogP contribution is -2.41. The maximum Gasteiger partial charge on any atom is 0.251 e. The quantitative estimate of drug-likeness (QED) is 0.609. The van der Waals surface area contributed by atoms with Crippen LogP contribution in [0.15, 0.2) is 30.4 Å². The predicted octanol–water partition coefficient (Wildman–Crippen LogP) is 3.01. The molecule has 4 nitrogen and oxygen atoms in total. The summed E-state index contributed by atoms with van der Waals surface area (Å²) in [7, 11) is 0. The molecule has 2 fully saturated rings. The van der Waals surface area contributed by atoms with Gasteiger partial charge in [-0.1, -0.05) is 23.8 Å². The molecule has 2 heterocycles. The smallest absolute Gasteiger partial charge is 0.251 e. The number of likely N-dealkylation sites (tertiary alicyclic amines) is 1. The van der Waals surface area contributed by atoms with Crippen LogP contribution in [0, 0.1) is 17.7 Å². The molecule has 24 heavy (non-hydrogen) atoms. The highest BCUT2D eigenvalue weighted by Gasteiger charge is 2.46. The fourth-order valence-electron chi connectivity index (χ4n) is 4.10. The average Bonchev–Trinajstić information content (AvgIpc) is 3.11. The van der Waals surface area contributed by atoms with Gasteiger partial charge in [0.15, 0.2) is 0 Å². The summed E-state index contributed by atoms with van der Waals surface area (Å²) < 4.78 is 13.3. The summed E-state index contributed by atoms with van der Waals surface area (Å²) in [6.45, 7) is 1.72. The highest BCUT2D eigenvalue weighted by Crippen LogP contribution is 2.36. The number of carbonyl (C=O) groups is 2. The summed E-state index contributed by atoms with van der Waals surface area (Å²) in [5.41, 5.74) is 0.345. The minimum Gasteiger partial charge on any atom is -0.291 e. The Morgan fingerprint density at radius 1 is 1.08 bits per heavy atom. The van der Waals surface area contributed by atoms with E-state index in [1.807, 2.05) is 0 Å². The summed E-state index contributed by atoms with van der Waals surface area (Å²) in [5, 5.41) is -0.0881. The second-order valence-corrected chi connectivity index (χ2v) is 7.21. The average molecular weight is 349 g/mol. The molecule has 126 valence electrons. The molecule has 1 aliphatic carbocycles. The molecule has 6 heteroatoms. The lowest BCUT2D eigenvalue weighted by atomic mass is 9.86. The minimum absolute atomic E-state index is 0.0881. The summed E-state index contributed by atoms with van der Waals surface area (Å²) in [5.74, 6) is 0.113. The minimum atomic E-state index is -0.563. The van der Waals surface area contributed by atoms with Gasteiger partial charge in [0.2, 0.25) is 5.91 Å². The van der Waals surface area contributed by atoms with Crippen molar-refractivity contribution in [1.29, 1.82) is 0 Å². The van der Waals surface area contributed by atoms with Crippen molar-refractivity contribution in [1.82, 2.24) is 4.90 Å². The molecule has 0 spiro atoms. The second-order valence-electron chi connectivity index (χ2n) is 6.80. The van der Waals surface area contributed by atoms with Crippen molar-refractivity contribution in [2.75, 3.05) is 18.0 Å². The van der Waals surface area contributed by atoms with E-state index in [-0.39, 0.29) is 23.3 Å². The first-order chi connectivity index (χ1) is 11.5. The van der Waals surface area contributed by atoms with Crippen molar-refractivity contribution in [3.8, 4) is 0 Å². The number of amides is 2. The number of rotatable bonds is 2. The number of fused-ring (bicyclic) bond motifs is 1. The zero-order valence-electron chi connectivity index (χ0n) is 13.1. The number of halogens is 2. The van der Waals surface area contributed by atoms with Crippen LogP contribution in [-0.2, 0) is 9.59 Å².